The minimum atomic E-state index is -0.0222. The number of allylic oxidation sites excluding steroid dienone is 2. The van der Waals surface area contributed by atoms with E-state index in [1.807, 2.05) is 6.92 Å². The quantitative estimate of drug-likeness (QED) is 0.512. The van der Waals surface area contributed by atoms with E-state index in [1.54, 1.807) is 0 Å². The zero-order valence-electron chi connectivity index (χ0n) is 9.19. The fourth-order valence-corrected chi connectivity index (χ4v) is 3.87. The van der Waals surface area contributed by atoms with E-state index < -0.39 is 0 Å². The molecule has 0 amide bonds. The predicted molar refractivity (Wildman–Crippen MR) is 57.1 cm³/mol. The van der Waals surface area contributed by atoms with Gasteiger partial charge in [0.25, 0.3) is 0 Å². The van der Waals surface area contributed by atoms with E-state index in [-0.39, 0.29) is 12.1 Å². The molecule has 3 aliphatic carbocycles. The molecular formula is C13H18O2. The normalized spacial score (nSPS) is 45.8. The zero-order valence-corrected chi connectivity index (χ0v) is 9.19. The molecule has 2 heteroatoms. The lowest BCUT2D eigenvalue weighted by molar-refractivity contribution is -0.152. The Bertz CT molecular complexity index is 308. The van der Waals surface area contributed by atoms with Crippen LogP contribution in [0.25, 0.3) is 0 Å². The van der Waals surface area contributed by atoms with Gasteiger partial charge >= 0.3 is 5.97 Å². The average molecular weight is 206 g/mol. The molecule has 2 nitrogen and oxygen atoms in total. The summed E-state index contributed by atoms with van der Waals surface area (Å²) in [6.45, 7) is 1.87. The molecule has 0 aromatic carbocycles. The van der Waals surface area contributed by atoms with Crippen molar-refractivity contribution >= 4 is 5.97 Å². The van der Waals surface area contributed by atoms with Crippen LogP contribution < -0.4 is 0 Å². The van der Waals surface area contributed by atoms with Gasteiger partial charge in [0.15, 0.2) is 0 Å². The van der Waals surface area contributed by atoms with Crippen molar-refractivity contribution in [2.75, 3.05) is 0 Å². The molecule has 2 fully saturated rings. The van der Waals surface area contributed by atoms with Crippen molar-refractivity contribution in [3.05, 3.63) is 12.2 Å². The van der Waals surface area contributed by atoms with Crippen molar-refractivity contribution in [1.82, 2.24) is 0 Å². The number of carbonyl (C=O) groups is 1. The van der Waals surface area contributed by atoms with Crippen LogP contribution in [0.4, 0.5) is 0 Å². The molecule has 0 aliphatic heterocycles. The number of esters is 1. The van der Waals surface area contributed by atoms with Gasteiger partial charge in [-0.25, -0.2) is 0 Å². The maximum absolute atomic E-state index is 11.3. The van der Waals surface area contributed by atoms with Crippen LogP contribution in [0, 0.1) is 23.7 Å². The van der Waals surface area contributed by atoms with Crippen LogP contribution in [0.3, 0.4) is 0 Å². The van der Waals surface area contributed by atoms with Gasteiger partial charge in [0, 0.05) is 12.3 Å². The van der Waals surface area contributed by atoms with Crippen LogP contribution in [0.1, 0.15) is 32.6 Å². The third-order valence-electron chi connectivity index (χ3n) is 4.52. The number of carbonyl (C=O) groups excluding carboxylic acids is 1. The first kappa shape index (κ1) is 9.44. The van der Waals surface area contributed by atoms with Crippen LogP contribution >= 0.6 is 0 Å². The first-order valence-corrected chi connectivity index (χ1v) is 6.15. The van der Waals surface area contributed by atoms with E-state index in [2.05, 4.69) is 12.2 Å². The lowest BCUT2D eigenvalue weighted by Gasteiger charge is -2.30. The van der Waals surface area contributed by atoms with Crippen molar-refractivity contribution in [2.45, 2.75) is 38.7 Å². The maximum atomic E-state index is 11.3. The first-order chi connectivity index (χ1) is 7.29. The summed E-state index contributed by atoms with van der Waals surface area (Å²) in [4.78, 5) is 11.3. The van der Waals surface area contributed by atoms with Crippen molar-refractivity contribution in [2.24, 2.45) is 23.7 Å². The molecule has 0 spiro atoms. The van der Waals surface area contributed by atoms with E-state index in [0.29, 0.717) is 12.3 Å². The second-order valence-corrected chi connectivity index (χ2v) is 5.18. The number of hydrogen-bond donors (Lipinski definition) is 0. The molecule has 2 saturated carbocycles. The molecule has 0 aromatic rings. The highest BCUT2D eigenvalue weighted by molar-refractivity contribution is 5.69. The minimum absolute atomic E-state index is 0.0222. The lowest BCUT2D eigenvalue weighted by atomic mass is 9.80. The Hall–Kier alpha value is -0.790. The highest BCUT2D eigenvalue weighted by Gasteiger charge is 2.53. The summed E-state index contributed by atoms with van der Waals surface area (Å²) in [6.07, 6.45) is 9.10. The first-order valence-electron chi connectivity index (χ1n) is 6.15. The Balaban J connectivity index is 1.70. The molecule has 3 rings (SSSR count). The van der Waals surface area contributed by atoms with Gasteiger partial charge in [-0.05, 0) is 37.0 Å². The number of fused-ring (bicyclic) bond motifs is 5. The summed E-state index contributed by atoms with van der Waals surface area (Å²) < 4.78 is 5.53. The molecule has 15 heavy (non-hydrogen) atoms. The summed E-state index contributed by atoms with van der Waals surface area (Å²) in [5, 5.41) is 0. The van der Waals surface area contributed by atoms with Crippen LogP contribution in [0.2, 0.25) is 0 Å². The summed E-state index contributed by atoms with van der Waals surface area (Å²) in [6, 6.07) is 0. The number of hydrogen-bond acceptors (Lipinski definition) is 2. The van der Waals surface area contributed by atoms with E-state index in [0.717, 1.165) is 24.2 Å². The molecule has 2 bridgehead atoms. The minimum Gasteiger partial charge on any atom is -0.462 e. The predicted octanol–water partition coefficient (Wildman–Crippen LogP) is 2.54. The molecule has 0 aromatic heterocycles. The van der Waals surface area contributed by atoms with Gasteiger partial charge < -0.3 is 4.74 Å². The number of ether oxygens (including phenoxy) is 1. The fraction of sp³-hybridized carbons (Fsp3) is 0.769. The SMILES string of the molecule is CCC(=O)O[C@@H]1C[C@H]2C[C@@H]1[C@H]1C=CC[C@@H]21. The average Bonchev–Trinajstić information content (AvgIpc) is 2.87. The van der Waals surface area contributed by atoms with Gasteiger partial charge in [-0.3, -0.25) is 4.79 Å². The molecule has 0 N–H and O–H groups in total. The topological polar surface area (TPSA) is 26.3 Å². The van der Waals surface area contributed by atoms with Gasteiger partial charge in [-0.1, -0.05) is 19.1 Å². The Labute approximate surface area is 90.7 Å². The second kappa shape index (κ2) is 3.36. The van der Waals surface area contributed by atoms with Gasteiger partial charge in [0.05, 0.1) is 0 Å². The van der Waals surface area contributed by atoms with Crippen molar-refractivity contribution in [1.29, 1.82) is 0 Å². The molecule has 3 aliphatic rings. The molecule has 0 unspecified atom stereocenters. The highest BCUT2D eigenvalue weighted by atomic mass is 16.5. The molecule has 5 atom stereocenters. The highest BCUT2D eigenvalue weighted by Crippen LogP contribution is 2.57. The molecule has 0 heterocycles. The van der Waals surface area contributed by atoms with Crippen LogP contribution in [0.15, 0.2) is 12.2 Å². The maximum Gasteiger partial charge on any atom is 0.305 e. The summed E-state index contributed by atoms with van der Waals surface area (Å²) in [5.74, 6) is 3.04. The van der Waals surface area contributed by atoms with Gasteiger partial charge in [-0.2, -0.15) is 0 Å². The van der Waals surface area contributed by atoms with E-state index in [9.17, 15) is 4.79 Å². The summed E-state index contributed by atoms with van der Waals surface area (Å²) >= 11 is 0. The van der Waals surface area contributed by atoms with E-state index >= 15 is 0 Å². The van der Waals surface area contributed by atoms with E-state index in [4.69, 9.17) is 4.74 Å². The van der Waals surface area contributed by atoms with Crippen molar-refractivity contribution in [3.8, 4) is 0 Å². The molecular weight excluding hydrogens is 188 g/mol. The Morgan fingerprint density at radius 1 is 1.40 bits per heavy atom. The summed E-state index contributed by atoms with van der Waals surface area (Å²) in [5.41, 5.74) is 0. The molecule has 0 radical (unpaired) electrons. The number of rotatable bonds is 2. The molecule has 82 valence electrons. The molecule has 0 saturated heterocycles. The summed E-state index contributed by atoms with van der Waals surface area (Å²) in [7, 11) is 0. The largest absolute Gasteiger partial charge is 0.462 e. The third kappa shape index (κ3) is 1.34. The second-order valence-electron chi connectivity index (χ2n) is 5.18. The smallest absolute Gasteiger partial charge is 0.305 e. The van der Waals surface area contributed by atoms with Crippen LogP contribution in [-0.4, -0.2) is 12.1 Å². The van der Waals surface area contributed by atoms with Crippen molar-refractivity contribution in [3.63, 3.8) is 0 Å². The van der Waals surface area contributed by atoms with Crippen LogP contribution in [0.5, 0.6) is 0 Å². The third-order valence-corrected chi connectivity index (χ3v) is 4.52. The standard InChI is InChI=1S/C13H18O2/c1-2-13(14)15-12-7-8-6-11(12)10-5-3-4-9(8)10/h3,5,8-12H,2,4,6-7H2,1H3/t8-,9+,10+,11-,12-/m1/s1. The van der Waals surface area contributed by atoms with Gasteiger partial charge in [0.1, 0.15) is 6.10 Å². The monoisotopic (exact) mass is 206 g/mol. The van der Waals surface area contributed by atoms with E-state index in [1.165, 1.54) is 12.8 Å². The van der Waals surface area contributed by atoms with Gasteiger partial charge in [0.2, 0.25) is 0 Å². The Morgan fingerprint density at radius 2 is 2.27 bits per heavy atom. The van der Waals surface area contributed by atoms with Crippen molar-refractivity contribution < 1.29 is 9.53 Å². The Morgan fingerprint density at radius 3 is 3.07 bits per heavy atom. The zero-order chi connectivity index (χ0) is 10.4. The van der Waals surface area contributed by atoms with Crippen LogP contribution in [-0.2, 0) is 9.53 Å². The lowest BCUT2D eigenvalue weighted by Crippen LogP contribution is -2.31. The van der Waals surface area contributed by atoms with Gasteiger partial charge in [-0.15, -0.1) is 0 Å². The fourth-order valence-electron chi connectivity index (χ4n) is 3.87. The Kier molecular flexibility index (Phi) is 2.11.